The average Bonchev–Trinajstić information content (AvgIpc) is 3.30. The summed E-state index contributed by atoms with van der Waals surface area (Å²) in [5, 5.41) is 12.2. The van der Waals surface area contributed by atoms with Gasteiger partial charge in [0.2, 0.25) is 16.6 Å². The third-order valence-corrected chi connectivity index (χ3v) is 6.68. The molecule has 0 aliphatic carbocycles. The SMILES string of the molecule is CCc1cc2c(C(=O)NC)c(-c3ccc(F)cc3)oc2nc1N(CCCOc1ccccc1C#N)[SH](=O)=O. The Morgan fingerprint density at radius 3 is 2.61 bits per heavy atom. The molecule has 0 aliphatic heterocycles. The molecule has 0 bridgehead atoms. The zero-order valence-electron chi connectivity index (χ0n) is 20.7. The first kappa shape index (κ1) is 26.6. The van der Waals surface area contributed by atoms with Gasteiger partial charge in [0.25, 0.3) is 5.91 Å². The van der Waals surface area contributed by atoms with Crippen molar-refractivity contribution in [1.82, 2.24) is 10.3 Å². The van der Waals surface area contributed by atoms with Gasteiger partial charge in [0.15, 0.2) is 0 Å². The van der Waals surface area contributed by atoms with Crippen LogP contribution in [0.5, 0.6) is 5.75 Å². The van der Waals surface area contributed by atoms with Gasteiger partial charge in [0, 0.05) is 25.6 Å². The van der Waals surface area contributed by atoms with E-state index >= 15 is 0 Å². The number of para-hydroxylation sites is 1. The number of ether oxygens (including phenoxy) is 1. The monoisotopic (exact) mass is 536 g/mol. The summed E-state index contributed by atoms with van der Waals surface area (Å²) in [5.41, 5.74) is 1.77. The zero-order chi connectivity index (χ0) is 27.2. The Bertz CT molecular complexity index is 1580. The van der Waals surface area contributed by atoms with Crippen LogP contribution < -0.4 is 14.4 Å². The molecule has 2 heterocycles. The summed E-state index contributed by atoms with van der Waals surface area (Å²) >= 11 is 0. The Kier molecular flexibility index (Phi) is 8.23. The summed E-state index contributed by atoms with van der Waals surface area (Å²) in [7, 11) is -1.58. The van der Waals surface area contributed by atoms with E-state index in [1.54, 1.807) is 30.3 Å². The molecule has 38 heavy (non-hydrogen) atoms. The normalized spacial score (nSPS) is 10.9. The van der Waals surface area contributed by atoms with Crippen LogP contribution in [-0.4, -0.2) is 39.5 Å². The highest BCUT2D eigenvalue weighted by atomic mass is 32.2. The first-order chi connectivity index (χ1) is 18.4. The maximum Gasteiger partial charge on any atom is 0.255 e. The molecule has 196 valence electrons. The second-order valence-corrected chi connectivity index (χ2v) is 9.20. The number of nitriles is 1. The number of amides is 1. The molecular weight excluding hydrogens is 511 g/mol. The van der Waals surface area contributed by atoms with Crippen molar-refractivity contribution < 1.29 is 26.8 Å². The van der Waals surface area contributed by atoms with Gasteiger partial charge in [-0.05, 0) is 54.4 Å². The van der Waals surface area contributed by atoms with E-state index in [4.69, 9.17) is 9.15 Å². The second-order valence-electron chi connectivity index (χ2n) is 8.24. The molecule has 0 atom stereocenters. The number of benzene rings is 2. The van der Waals surface area contributed by atoms with E-state index < -0.39 is 22.6 Å². The summed E-state index contributed by atoms with van der Waals surface area (Å²) < 4.78 is 50.8. The lowest BCUT2D eigenvalue weighted by Gasteiger charge is -2.19. The van der Waals surface area contributed by atoms with E-state index in [0.717, 1.165) is 4.31 Å². The van der Waals surface area contributed by atoms with Crippen LogP contribution in [0.3, 0.4) is 0 Å². The Morgan fingerprint density at radius 2 is 1.95 bits per heavy atom. The topological polar surface area (TPSA) is 126 Å². The van der Waals surface area contributed by atoms with E-state index in [-0.39, 0.29) is 36.0 Å². The lowest BCUT2D eigenvalue weighted by molar-refractivity contribution is 0.0964. The maximum atomic E-state index is 13.5. The highest BCUT2D eigenvalue weighted by molar-refractivity contribution is 7.74. The molecule has 0 radical (unpaired) electrons. The highest BCUT2D eigenvalue weighted by Gasteiger charge is 2.25. The van der Waals surface area contributed by atoms with Crippen molar-refractivity contribution >= 4 is 33.7 Å². The van der Waals surface area contributed by atoms with Gasteiger partial charge in [-0.2, -0.15) is 10.2 Å². The van der Waals surface area contributed by atoms with E-state index in [2.05, 4.69) is 16.4 Å². The third-order valence-electron chi connectivity index (χ3n) is 5.90. The van der Waals surface area contributed by atoms with Crippen LogP contribution in [0.4, 0.5) is 10.2 Å². The van der Waals surface area contributed by atoms with Crippen molar-refractivity contribution in [3.8, 4) is 23.1 Å². The molecular formula is C27H25FN4O5S. The van der Waals surface area contributed by atoms with Crippen molar-refractivity contribution in [3.05, 3.63) is 77.1 Å². The molecule has 9 nitrogen and oxygen atoms in total. The summed E-state index contributed by atoms with van der Waals surface area (Å²) in [5.74, 6) is -0.0335. The lowest BCUT2D eigenvalue weighted by Crippen LogP contribution is -2.26. The highest BCUT2D eigenvalue weighted by Crippen LogP contribution is 2.36. The van der Waals surface area contributed by atoms with E-state index in [0.29, 0.717) is 40.7 Å². The summed E-state index contributed by atoms with van der Waals surface area (Å²) in [6.45, 7) is 2.11. The number of aryl methyl sites for hydroxylation is 1. The minimum absolute atomic E-state index is 0.0762. The molecule has 2 aromatic carbocycles. The molecule has 1 N–H and O–H groups in total. The summed E-state index contributed by atoms with van der Waals surface area (Å²) in [4.78, 5) is 17.3. The van der Waals surface area contributed by atoms with Crippen LogP contribution >= 0.6 is 0 Å². The minimum atomic E-state index is -3.06. The number of nitrogens with zero attached hydrogens (tertiary/aromatic N) is 3. The van der Waals surface area contributed by atoms with Gasteiger partial charge in [-0.1, -0.05) is 19.1 Å². The van der Waals surface area contributed by atoms with Crippen LogP contribution in [0.15, 0.2) is 59.0 Å². The Morgan fingerprint density at radius 1 is 1.21 bits per heavy atom. The predicted octanol–water partition coefficient (Wildman–Crippen LogP) is 4.23. The molecule has 0 spiro atoms. The Hall–Kier alpha value is -4.43. The largest absolute Gasteiger partial charge is 0.492 e. The Labute approximate surface area is 220 Å². The summed E-state index contributed by atoms with van der Waals surface area (Å²) in [6.07, 6.45) is 0.767. The van der Waals surface area contributed by atoms with Gasteiger partial charge < -0.3 is 14.5 Å². The number of thiol groups is 1. The average molecular weight is 537 g/mol. The van der Waals surface area contributed by atoms with Crippen LogP contribution in [0.1, 0.15) is 34.8 Å². The number of anilines is 1. The number of furan rings is 1. The smallest absolute Gasteiger partial charge is 0.255 e. The standard InChI is InChI=1S/C27H25FN4O5S/c1-3-17-15-21-23(26(33)30-2)24(18-9-11-20(28)12-10-18)37-27(21)31-25(17)32(38(34)35)13-6-14-36-22-8-5-4-7-19(22)16-29/h4-5,7-12,15,38H,3,6,13-14H2,1-2H3,(H,30,33). The number of halogens is 1. The molecule has 0 saturated heterocycles. The number of rotatable bonds is 10. The van der Waals surface area contributed by atoms with Crippen molar-refractivity contribution in [1.29, 1.82) is 5.26 Å². The third kappa shape index (κ3) is 5.45. The molecule has 0 aliphatic rings. The quantitative estimate of drug-likeness (QED) is 0.229. The number of aromatic nitrogens is 1. The number of nitrogens with one attached hydrogen (secondary N) is 1. The van der Waals surface area contributed by atoms with Gasteiger partial charge in [0.05, 0.1) is 23.1 Å². The number of fused-ring (bicyclic) bond motifs is 1. The van der Waals surface area contributed by atoms with E-state index in [1.165, 1.54) is 31.3 Å². The van der Waals surface area contributed by atoms with Crippen LogP contribution in [-0.2, 0) is 17.3 Å². The van der Waals surface area contributed by atoms with E-state index in [9.17, 15) is 22.9 Å². The fourth-order valence-electron chi connectivity index (χ4n) is 4.04. The maximum absolute atomic E-state index is 13.5. The molecule has 0 saturated carbocycles. The van der Waals surface area contributed by atoms with Crippen molar-refractivity contribution in [2.45, 2.75) is 19.8 Å². The van der Waals surface area contributed by atoms with Gasteiger partial charge >= 0.3 is 0 Å². The van der Waals surface area contributed by atoms with Crippen LogP contribution in [0.25, 0.3) is 22.4 Å². The lowest BCUT2D eigenvalue weighted by atomic mass is 10.0. The predicted molar refractivity (Wildman–Crippen MR) is 141 cm³/mol. The first-order valence-corrected chi connectivity index (χ1v) is 13.0. The van der Waals surface area contributed by atoms with Gasteiger partial charge in [-0.15, -0.1) is 0 Å². The molecule has 11 heteroatoms. The molecule has 1 amide bonds. The fraction of sp³-hybridized carbons (Fsp3) is 0.222. The zero-order valence-corrected chi connectivity index (χ0v) is 21.6. The minimum Gasteiger partial charge on any atom is -0.492 e. The Balaban J connectivity index is 1.68. The molecule has 2 aromatic heterocycles. The van der Waals surface area contributed by atoms with Crippen molar-refractivity contribution in [3.63, 3.8) is 0 Å². The van der Waals surface area contributed by atoms with Crippen LogP contribution in [0, 0.1) is 17.1 Å². The van der Waals surface area contributed by atoms with Gasteiger partial charge in [-0.3, -0.25) is 9.10 Å². The molecule has 4 aromatic rings. The number of carbonyl (C=O) groups is 1. The number of pyridine rings is 1. The van der Waals surface area contributed by atoms with Crippen LogP contribution in [0.2, 0.25) is 0 Å². The number of hydrogen-bond acceptors (Lipinski definition) is 7. The second kappa shape index (κ2) is 11.7. The van der Waals surface area contributed by atoms with Gasteiger partial charge in [0.1, 0.15) is 29.2 Å². The van der Waals surface area contributed by atoms with Crippen molar-refractivity contribution in [2.75, 3.05) is 24.5 Å². The molecule has 0 unspecified atom stereocenters. The summed E-state index contributed by atoms with van der Waals surface area (Å²) in [6, 6.07) is 16.0. The van der Waals surface area contributed by atoms with E-state index in [1.807, 2.05) is 6.92 Å². The number of carbonyl (C=O) groups excluding carboxylic acids is 1. The molecule has 4 rings (SSSR count). The van der Waals surface area contributed by atoms with Crippen molar-refractivity contribution in [2.24, 2.45) is 0 Å². The first-order valence-electron chi connectivity index (χ1n) is 11.9. The molecule has 0 fully saturated rings. The number of hydrogen-bond donors (Lipinski definition) is 2. The van der Waals surface area contributed by atoms with Gasteiger partial charge in [-0.25, -0.2) is 12.8 Å². The fourth-order valence-corrected chi connectivity index (χ4v) is 4.67.